The van der Waals surface area contributed by atoms with Crippen LogP contribution in [0.2, 0.25) is 10.0 Å². The number of hydrogen-bond donors (Lipinski definition) is 6. The van der Waals surface area contributed by atoms with Gasteiger partial charge in [-0.05, 0) is 91.7 Å². The molecular weight excluding hydrogens is 835 g/mol. The Hall–Kier alpha value is -4.78. The molecule has 21 heteroatoms. The maximum atomic E-state index is 11.5. The number of hydrogen-bond acceptors (Lipinski definition) is 15. The van der Waals surface area contributed by atoms with E-state index in [1.807, 2.05) is 0 Å². The molecule has 8 N–H and O–H groups in total. The van der Waals surface area contributed by atoms with Gasteiger partial charge in [0.25, 0.3) is 0 Å². The zero-order chi connectivity index (χ0) is 39.2. The van der Waals surface area contributed by atoms with Crippen LogP contribution < -0.4 is 11.0 Å². The van der Waals surface area contributed by atoms with Gasteiger partial charge in [0.2, 0.25) is 15.9 Å². The molecule has 55 heavy (non-hydrogen) atoms. The topological polar surface area (TPSA) is 253 Å². The first-order chi connectivity index (χ1) is 25.7. The first kappa shape index (κ1) is 43.0. The number of aromatic hydroxyl groups is 3. The predicted molar refractivity (Wildman–Crippen MR) is 201 cm³/mol. The van der Waals surface area contributed by atoms with Crippen LogP contribution in [-0.4, -0.2) is 38.6 Å². The third-order valence-electron chi connectivity index (χ3n) is 7.50. The molecule has 5 aromatic rings. The monoisotopic (exact) mass is 864 g/mol. The zero-order valence-corrected chi connectivity index (χ0v) is 32.9. The van der Waals surface area contributed by atoms with Crippen molar-refractivity contribution in [2.75, 3.05) is 0 Å². The van der Waals surface area contributed by atoms with E-state index in [4.69, 9.17) is 34.2 Å². The largest absolute Gasteiger partial charge is 0.509 e. The third-order valence-corrected chi connectivity index (χ3v) is 9.47. The van der Waals surface area contributed by atoms with Gasteiger partial charge in [0.05, 0.1) is 34.2 Å². The standard InChI is InChI=1S/C18H16ClN3O4S.C16H14ClN5O4S.Cr/c1-10-7-14(11-3-2-4-13(8-11)27(20,25)26)18(24)17(10)22-21-15-9-12(19)5-6-16(15)23;1-9-15(20-19-13-7-10(17)5-6-14(13)23)16(24)22(21-9)11-3-2-4-12(8-11)27-26-25-18;/h2-9,14,23-24H,1H3,(H2,20,25,26);2-8,23-24H,18H2,1H3;. The molecule has 0 saturated carbocycles. The molecule has 1 aliphatic rings. The van der Waals surface area contributed by atoms with Crippen molar-refractivity contribution >= 4 is 62.3 Å². The molecule has 286 valence electrons. The molecule has 0 fully saturated rings. The van der Waals surface area contributed by atoms with Gasteiger partial charge in [-0.2, -0.15) is 15.7 Å². The number of nitrogens with zero attached hydrogens (tertiary/aromatic N) is 6. The number of phenols is 2. The molecule has 0 amide bonds. The zero-order valence-electron chi connectivity index (χ0n) is 28.5. The van der Waals surface area contributed by atoms with Crippen LogP contribution in [0, 0.1) is 6.92 Å². The van der Waals surface area contributed by atoms with Crippen molar-refractivity contribution in [2.24, 2.45) is 31.5 Å². The summed E-state index contributed by atoms with van der Waals surface area (Å²) in [4.78, 5) is 4.70. The number of allylic oxidation sites excluding steroid dienone is 2. The van der Waals surface area contributed by atoms with Crippen molar-refractivity contribution in [2.45, 2.75) is 29.6 Å². The number of azo groups is 2. The number of nitrogens with two attached hydrogens (primary N) is 2. The van der Waals surface area contributed by atoms with Gasteiger partial charge in [0, 0.05) is 32.3 Å². The van der Waals surface area contributed by atoms with Crippen molar-refractivity contribution in [1.82, 2.24) is 9.78 Å². The van der Waals surface area contributed by atoms with E-state index < -0.39 is 15.9 Å². The van der Waals surface area contributed by atoms with E-state index in [1.165, 1.54) is 53.2 Å². The fraction of sp³-hybridized carbons (Fsp3) is 0.0882. The summed E-state index contributed by atoms with van der Waals surface area (Å²) in [5.41, 5.74) is 2.94. The Labute approximate surface area is 339 Å². The molecule has 0 saturated heterocycles. The quantitative estimate of drug-likeness (QED) is 0.0335. The van der Waals surface area contributed by atoms with E-state index in [1.54, 1.807) is 56.3 Å². The third kappa shape index (κ3) is 10.7. The molecular formula is C34H30Cl2CrN8O8S2. The molecule has 1 heterocycles. The molecule has 0 aliphatic heterocycles. The Morgan fingerprint density at radius 2 is 1.45 bits per heavy atom. The van der Waals surface area contributed by atoms with Gasteiger partial charge in [0.1, 0.15) is 34.3 Å². The van der Waals surface area contributed by atoms with Crippen molar-refractivity contribution in [1.29, 1.82) is 0 Å². The Morgan fingerprint density at radius 1 is 0.836 bits per heavy atom. The molecule has 6 rings (SSSR count). The molecule has 1 aliphatic carbocycles. The van der Waals surface area contributed by atoms with E-state index in [2.05, 4.69) is 34.9 Å². The summed E-state index contributed by atoms with van der Waals surface area (Å²) < 4.78 is 29.0. The molecule has 0 spiro atoms. The number of rotatable bonds is 10. The first-order valence-corrected chi connectivity index (χ1v) is 18.3. The van der Waals surface area contributed by atoms with Crippen LogP contribution in [-0.2, 0) is 36.7 Å². The molecule has 1 unspecified atom stereocenters. The van der Waals surface area contributed by atoms with Crippen LogP contribution in [0.1, 0.15) is 24.1 Å². The number of halogens is 2. The Bertz CT molecular complexity index is 2450. The number of aliphatic hydroxyl groups excluding tert-OH is 1. The number of phenolic OH excluding ortho intramolecular Hbond substituents is 2. The number of benzene rings is 4. The Kier molecular flexibility index (Phi) is 14.6. The summed E-state index contributed by atoms with van der Waals surface area (Å²) in [5, 5.41) is 66.8. The van der Waals surface area contributed by atoms with Crippen molar-refractivity contribution in [3.05, 3.63) is 129 Å². The normalized spacial score (nSPS) is 14.2. The number of aliphatic hydroxyl groups is 1. The molecule has 16 nitrogen and oxygen atoms in total. The van der Waals surface area contributed by atoms with Crippen molar-refractivity contribution in [3.8, 4) is 23.1 Å². The molecule has 0 radical (unpaired) electrons. The van der Waals surface area contributed by atoms with Crippen LogP contribution in [0.3, 0.4) is 0 Å². The summed E-state index contributed by atoms with van der Waals surface area (Å²) in [6.07, 6.45) is 1.74. The van der Waals surface area contributed by atoms with E-state index in [9.17, 15) is 28.8 Å². The average Bonchev–Trinajstić information content (AvgIpc) is 3.59. The second-order valence-electron chi connectivity index (χ2n) is 11.3. The van der Waals surface area contributed by atoms with Gasteiger partial charge in [-0.25, -0.2) is 13.6 Å². The number of sulfonamides is 1. The van der Waals surface area contributed by atoms with E-state index in [0.29, 0.717) is 37.5 Å². The van der Waals surface area contributed by atoms with Crippen molar-refractivity contribution in [3.63, 3.8) is 0 Å². The maximum absolute atomic E-state index is 11.5. The smallest absolute Gasteiger partial charge is 0.243 e. The summed E-state index contributed by atoms with van der Waals surface area (Å²) in [6.45, 7) is 3.41. The second-order valence-corrected chi connectivity index (χ2v) is 14.5. The SMILES string of the molecule is CC1=CC(c2cccc(S(N)(=O)=O)c2)C(O)=C1N=Nc1cc(Cl)ccc1O.Cc1nn(-c2cccc(SOON)c2)c(O)c1N=Nc1cc(Cl)ccc1O.[Cr]. The first-order valence-electron chi connectivity index (χ1n) is 15.3. The minimum absolute atomic E-state index is 0. The molecule has 0 bridgehead atoms. The predicted octanol–water partition coefficient (Wildman–Crippen LogP) is 8.78. The second kappa shape index (κ2) is 18.7. The summed E-state index contributed by atoms with van der Waals surface area (Å²) in [5.74, 6) is 3.78. The minimum Gasteiger partial charge on any atom is -0.509 e. The van der Waals surface area contributed by atoms with Gasteiger partial charge in [-0.15, -0.1) is 29.8 Å². The van der Waals surface area contributed by atoms with E-state index in [-0.39, 0.29) is 68.2 Å². The molecule has 1 atom stereocenters. The fourth-order valence-corrected chi connectivity index (χ4v) is 6.24. The van der Waals surface area contributed by atoms with Crippen LogP contribution >= 0.6 is 35.2 Å². The Balaban J connectivity index is 0.000000240. The van der Waals surface area contributed by atoms with Gasteiger partial charge < -0.3 is 20.4 Å². The number of aromatic nitrogens is 2. The minimum atomic E-state index is -3.86. The van der Waals surface area contributed by atoms with Crippen LogP contribution in [0.25, 0.3) is 5.69 Å². The maximum Gasteiger partial charge on any atom is 0.243 e. The summed E-state index contributed by atoms with van der Waals surface area (Å²) in [6, 6.07) is 21.7. The summed E-state index contributed by atoms with van der Waals surface area (Å²) in [7, 11) is -3.86. The summed E-state index contributed by atoms with van der Waals surface area (Å²) >= 11 is 12.7. The number of aryl methyl sites for hydroxylation is 1. The molecule has 1 aromatic heterocycles. The van der Waals surface area contributed by atoms with Gasteiger partial charge >= 0.3 is 0 Å². The van der Waals surface area contributed by atoms with Gasteiger partial charge in [0.15, 0.2) is 5.69 Å². The fourth-order valence-electron chi connectivity index (χ4n) is 4.92. The van der Waals surface area contributed by atoms with Crippen LogP contribution in [0.5, 0.6) is 17.4 Å². The Morgan fingerprint density at radius 3 is 2.07 bits per heavy atom. The van der Waals surface area contributed by atoms with Gasteiger partial charge in [-0.1, -0.05) is 47.5 Å². The molecule has 4 aromatic carbocycles. The van der Waals surface area contributed by atoms with E-state index in [0.717, 1.165) is 12.0 Å². The van der Waals surface area contributed by atoms with Gasteiger partial charge in [-0.3, -0.25) is 0 Å². The number of primary sulfonamides is 1. The van der Waals surface area contributed by atoms with Crippen LogP contribution in [0.15, 0.2) is 138 Å². The van der Waals surface area contributed by atoms with Crippen molar-refractivity contribution < 1.29 is 55.5 Å². The van der Waals surface area contributed by atoms with E-state index >= 15 is 0 Å². The average molecular weight is 866 g/mol. The van der Waals surface area contributed by atoms with Crippen LogP contribution in [0.4, 0.5) is 17.1 Å².